The Morgan fingerprint density at radius 3 is 2.25 bits per heavy atom. The Balaban J connectivity index is 2.20. The zero-order chi connectivity index (χ0) is 11.5. The Morgan fingerprint density at radius 2 is 1.75 bits per heavy atom. The number of allylic oxidation sites excluding steroid dienone is 1. The molecule has 0 atom stereocenters. The van der Waals surface area contributed by atoms with Gasteiger partial charge in [0.15, 0.2) is 0 Å². The molecule has 0 aromatic rings. The molecule has 2 aliphatic rings. The van der Waals surface area contributed by atoms with Crippen molar-refractivity contribution in [3.8, 4) is 0 Å². The Labute approximate surface area is 98.1 Å². The Kier molecular flexibility index (Phi) is 3.64. The van der Waals surface area contributed by atoms with Gasteiger partial charge in [-0.3, -0.25) is 9.80 Å². The van der Waals surface area contributed by atoms with Gasteiger partial charge < -0.3 is 0 Å². The van der Waals surface area contributed by atoms with Crippen molar-refractivity contribution in [1.82, 2.24) is 10.0 Å². The van der Waals surface area contributed by atoms with Gasteiger partial charge in [-0.25, -0.2) is 5.01 Å². The zero-order valence-electron chi connectivity index (χ0n) is 10.5. The molecule has 0 spiro atoms. The van der Waals surface area contributed by atoms with Gasteiger partial charge in [0.05, 0.1) is 0 Å². The second-order valence-corrected chi connectivity index (χ2v) is 4.64. The minimum atomic E-state index is 0.265. The first kappa shape index (κ1) is 11.6. The average Bonchev–Trinajstić information content (AvgIpc) is 2.66. The second kappa shape index (κ2) is 5.00. The van der Waals surface area contributed by atoms with E-state index in [-0.39, 0.29) is 5.91 Å². The maximum atomic E-state index is 12.2. The Morgan fingerprint density at radius 1 is 1.06 bits per heavy atom. The number of hydrogen-bond donors (Lipinski definition) is 0. The Bertz CT molecular complexity index is 301. The van der Waals surface area contributed by atoms with Crippen LogP contribution in [0.5, 0.6) is 0 Å². The van der Waals surface area contributed by atoms with E-state index in [1.54, 1.807) is 0 Å². The van der Waals surface area contributed by atoms with E-state index in [0.29, 0.717) is 0 Å². The minimum Gasteiger partial charge on any atom is -0.271 e. The number of amides is 1. The molecule has 1 amide bonds. The van der Waals surface area contributed by atoms with Crippen LogP contribution in [0.4, 0.5) is 0 Å². The van der Waals surface area contributed by atoms with Gasteiger partial charge in [0.25, 0.3) is 5.91 Å². The van der Waals surface area contributed by atoms with Crippen LogP contribution in [0.25, 0.3) is 0 Å². The molecule has 3 nitrogen and oxygen atoms in total. The summed E-state index contributed by atoms with van der Waals surface area (Å²) >= 11 is 0. The highest BCUT2D eigenvalue weighted by molar-refractivity contribution is 5.96. The third-order valence-electron chi connectivity index (χ3n) is 3.72. The summed E-state index contributed by atoms with van der Waals surface area (Å²) in [5.41, 5.74) is 2.54. The highest BCUT2D eigenvalue weighted by Crippen LogP contribution is 2.30. The molecular formula is C13H22N2O. The van der Waals surface area contributed by atoms with Crippen molar-refractivity contribution >= 4 is 5.91 Å². The lowest BCUT2D eigenvalue weighted by Crippen LogP contribution is -2.38. The fraction of sp³-hybridized carbons (Fsp3) is 0.769. The van der Waals surface area contributed by atoms with E-state index in [4.69, 9.17) is 0 Å². The van der Waals surface area contributed by atoms with Gasteiger partial charge in [-0.05, 0) is 32.6 Å². The normalized spacial score (nSPS) is 23.4. The summed E-state index contributed by atoms with van der Waals surface area (Å²) in [6, 6.07) is 0. The van der Waals surface area contributed by atoms with Crippen molar-refractivity contribution in [3.63, 3.8) is 0 Å². The summed E-state index contributed by atoms with van der Waals surface area (Å²) in [6.07, 6.45) is 6.17. The number of hydrogen-bond acceptors (Lipinski definition) is 2. The van der Waals surface area contributed by atoms with E-state index < -0.39 is 0 Å². The van der Waals surface area contributed by atoms with Gasteiger partial charge in [-0.1, -0.05) is 18.9 Å². The molecule has 1 aliphatic heterocycles. The van der Waals surface area contributed by atoms with Crippen LogP contribution in [0, 0.1) is 0 Å². The van der Waals surface area contributed by atoms with E-state index in [1.807, 2.05) is 5.01 Å². The molecular weight excluding hydrogens is 200 g/mol. The lowest BCUT2D eigenvalue weighted by atomic mass is 9.91. The standard InChI is InChI=1S/C13H22N2O/c1-3-14-10-12(13(16)15(14)4-2)11-8-6-5-7-9-11/h3-10H2,1-2H3. The number of carbonyl (C=O) groups is 1. The van der Waals surface area contributed by atoms with Gasteiger partial charge in [-0.15, -0.1) is 0 Å². The second-order valence-electron chi connectivity index (χ2n) is 4.64. The molecule has 90 valence electrons. The first-order valence-electron chi connectivity index (χ1n) is 6.55. The predicted octanol–water partition coefficient (Wildman–Crippen LogP) is 2.35. The molecule has 16 heavy (non-hydrogen) atoms. The molecule has 0 unspecified atom stereocenters. The zero-order valence-corrected chi connectivity index (χ0v) is 10.5. The van der Waals surface area contributed by atoms with Gasteiger partial charge >= 0.3 is 0 Å². The quantitative estimate of drug-likeness (QED) is 0.670. The molecule has 0 N–H and O–H groups in total. The van der Waals surface area contributed by atoms with Crippen LogP contribution in [0.2, 0.25) is 0 Å². The van der Waals surface area contributed by atoms with Crippen molar-refractivity contribution in [2.24, 2.45) is 0 Å². The first-order valence-corrected chi connectivity index (χ1v) is 6.55. The molecule has 2 rings (SSSR count). The first-order chi connectivity index (χ1) is 7.77. The number of rotatable bonds is 2. The number of likely N-dealkylation sites (N-methyl/N-ethyl adjacent to an activating group) is 2. The van der Waals surface area contributed by atoms with Gasteiger partial charge in [0.1, 0.15) is 0 Å². The number of carbonyl (C=O) groups excluding carboxylic acids is 1. The van der Waals surface area contributed by atoms with Crippen LogP contribution in [0.15, 0.2) is 11.1 Å². The Hall–Kier alpha value is -0.830. The largest absolute Gasteiger partial charge is 0.271 e. The van der Waals surface area contributed by atoms with Crippen molar-refractivity contribution in [1.29, 1.82) is 0 Å². The van der Waals surface area contributed by atoms with Crippen molar-refractivity contribution in [2.45, 2.75) is 46.0 Å². The fourth-order valence-corrected chi connectivity index (χ4v) is 2.79. The summed E-state index contributed by atoms with van der Waals surface area (Å²) in [5, 5.41) is 4.07. The van der Waals surface area contributed by atoms with Crippen LogP contribution in [-0.4, -0.2) is 35.6 Å². The summed E-state index contributed by atoms with van der Waals surface area (Å²) < 4.78 is 0. The van der Waals surface area contributed by atoms with Crippen molar-refractivity contribution < 1.29 is 4.79 Å². The highest BCUT2D eigenvalue weighted by atomic mass is 16.2. The fourth-order valence-electron chi connectivity index (χ4n) is 2.79. The summed E-state index contributed by atoms with van der Waals surface area (Å²) in [5.74, 6) is 0.265. The van der Waals surface area contributed by atoms with E-state index >= 15 is 0 Å². The molecule has 0 aromatic carbocycles. The SMILES string of the molecule is CCN1CC(=C2CCCCC2)C(=O)N1CC. The van der Waals surface area contributed by atoms with Crippen molar-refractivity contribution in [3.05, 3.63) is 11.1 Å². The lowest BCUT2D eigenvalue weighted by Gasteiger charge is -2.24. The summed E-state index contributed by atoms with van der Waals surface area (Å²) in [6.45, 7) is 6.73. The van der Waals surface area contributed by atoms with Gasteiger partial charge in [0, 0.05) is 25.2 Å². The van der Waals surface area contributed by atoms with Crippen molar-refractivity contribution in [2.75, 3.05) is 19.6 Å². The van der Waals surface area contributed by atoms with Crippen LogP contribution < -0.4 is 0 Å². The van der Waals surface area contributed by atoms with Gasteiger partial charge in [0.2, 0.25) is 0 Å². The number of nitrogens with zero attached hydrogens (tertiary/aromatic N) is 2. The maximum Gasteiger partial charge on any atom is 0.265 e. The molecule has 1 saturated carbocycles. The summed E-state index contributed by atoms with van der Waals surface area (Å²) in [4.78, 5) is 12.2. The minimum absolute atomic E-state index is 0.265. The van der Waals surface area contributed by atoms with Crippen LogP contribution in [0.3, 0.4) is 0 Å². The molecule has 1 heterocycles. The summed E-state index contributed by atoms with van der Waals surface area (Å²) in [7, 11) is 0. The molecule has 1 aliphatic carbocycles. The topological polar surface area (TPSA) is 23.6 Å². The van der Waals surface area contributed by atoms with Crippen LogP contribution in [0.1, 0.15) is 46.0 Å². The molecule has 1 saturated heterocycles. The molecule has 3 heteroatoms. The smallest absolute Gasteiger partial charge is 0.265 e. The van der Waals surface area contributed by atoms with E-state index in [2.05, 4.69) is 18.9 Å². The van der Waals surface area contributed by atoms with E-state index in [0.717, 1.165) is 38.0 Å². The third kappa shape index (κ3) is 2.01. The predicted molar refractivity (Wildman–Crippen MR) is 64.7 cm³/mol. The molecule has 0 aromatic heterocycles. The molecule has 0 bridgehead atoms. The lowest BCUT2D eigenvalue weighted by molar-refractivity contribution is -0.135. The van der Waals surface area contributed by atoms with E-state index in [9.17, 15) is 4.79 Å². The van der Waals surface area contributed by atoms with Crippen LogP contribution in [-0.2, 0) is 4.79 Å². The van der Waals surface area contributed by atoms with Gasteiger partial charge in [-0.2, -0.15) is 0 Å². The van der Waals surface area contributed by atoms with Crippen LogP contribution >= 0.6 is 0 Å². The molecule has 2 fully saturated rings. The molecule has 0 radical (unpaired) electrons. The average molecular weight is 222 g/mol. The third-order valence-corrected chi connectivity index (χ3v) is 3.72. The highest BCUT2D eigenvalue weighted by Gasteiger charge is 2.33. The maximum absolute atomic E-state index is 12.2. The monoisotopic (exact) mass is 222 g/mol. The number of hydrazine groups is 1. The van der Waals surface area contributed by atoms with E-state index in [1.165, 1.54) is 24.8 Å².